The lowest BCUT2D eigenvalue weighted by Gasteiger charge is -2.21. The van der Waals surface area contributed by atoms with Crippen molar-refractivity contribution in [3.8, 4) is 5.69 Å². The van der Waals surface area contributed by atoms with Gasteiger partial charge in [0.05, 0.1) is 6.20 Å². The summed E-state index contributed by atoms with van der Waals surface area (Å²) in [5, 5.41) is 7.58. The van der Waals surface area contributed by atoms with Gasteiger partial charge in [-0.15, -0.1) is 0 Å². The second-order valence-electron chi connectivity index (χ2n) is 5.81. The number of rotatable bonds is 3. The molecule has 1 heterocycles. The van der Waals surface area contributed by atoms with E-state index < -0.39 is 0 Å². The van der Waals surface area contributed by atoms with Crippen LogP contribution in [0.2, 0.25) is 0 Å². The van der Waals surface area contributed by atoms with Crippen molar-refractivity contribution in [2.45, 2.75) is 39.8 Å². The molecule has 0 radical (unpaired) electrons. The van der Waals surface area contributed by atoms with Gasteiger partial charge in [0.25, 0.3) is 0 Å². The average molecular weight is 261 g/mol. The Labute approximate surface area is 113 Å². The Morgan fingerprint density at radius 1 is 1.32 bits per heavy atom. The number of para-hydroxylation sites is 1. The molecule has 0 bridgehead atoms. The summed E-state index contributed by atoms with van der Waals surface area (Å²) in [6.07, 6.45) is 3.56. The molecule has 4 heteroatoms. The molecule has 0 aliphatic carbocycles. The molecular formula is C15H20FN3. The fourth-order valence-corrected chi connectivity index (χ4v) is 1.85. The maximum atomic E-state index is 14.1. The highest BCUT2D eigenvalue weighted by Gasteiger charge is 2.14. The zero-order valence-electron chi connectivity index (χ0n) is 11.9. The summed E-state index contributed by atoms with van der Waals surface area (Å²) in [7, 11) is 0. The molecule has 1 N–H and O–H groups in total. The van der Waals surface area contributed by atoms with E-state index in [0.29, 0.717) is 12.2 Å². The van der Waals surface area contributed by atoms with Crippen LogP contribution in [-0.2, 0) is 6.54 Å². The highest BCUT2D eigenvalue weighted by molar-refractivity contribution is 5.42. The predicted molar refractivity (Wildman–Crippen MR) is 74.9 cm³/mol. The Morgan fingerprint density at radius 2 is 2.05 bits per heavy atom. The van der Waals surface area contributed by atoms with Crippen LogP contribution < -0.4 is 5.32 Å². The summed E-state index contributed by atoms with van der Waals surface area (Å²) in [5.74, 6) is -0.253. The molecule has 0 spiro atoms. The van der Waals surface area contributed by atoms with Crippen LogP contribution in [0.4, 0.5) is 4.39 Å². The smallest absolute Gasteiger partial charge is 0.149 e. The number of aryl methyl sites for hydroxylation is 1. The minimum Gasteiger partial charge on any atom is -0.308 e. The molecule has 0 unspecified atom stereocenters. The topological polar surface area (TPSA) is 29.9 Å². The molecule has 0 amide bonds. The van der Waals surface area contributed by atoms with E-state index in [4.69, 9.17) is 0 Å². The third kappa shape index (κ3) is 3.41. The van der Waals surface area contributed by atoms with Gasteiger partial charge in [-0.25, -0.2) is 9.07 Å². The lowest BCUT2D eigenvalue weighted by molar-refractivity contribution is 0.423. The van der Waals surface area contributed by atoms with Crippen LogP contribution in [0.3, 0.4) is 0 Å². The minimum absolute atomic E-state index is 0.0103. The van der Waals surface area contributed by atoms with Gasteiger partial charge in [-0.05, 0) is 44.9 Å². The summed E-state index contributed by atoms with van der Waals surface area (Å²) >= 11 is 0. The van der Waals surface area contributed by atoms with Crippen molar-refractivity contribution in [1.29, 1.82) is 0 Å². The van der Waals surface area contributed by atoms with Crippen LogP contribution in [-0.4, -0.2) is 15.3 Å². The Balaban J connectivity index is 2.36. The number of halogens is 1. The fourth-order valence-electron chi connectivity index (χ4n) is 1.85. The van der Waals surface area contributed by atoms with Gasteiger partial charge in [0.15, 0.2) is 0 Å². The van der Waals surface area contributed by atoms with Crippen LogP contribution in [0.25, 0.3) is 5.69 Å². The molecule has 0 aliphatic heterocycles. The van der Waals surface area contributed by atoms with Gasteiger partial charge in [-0.1, -0.05) is 12.1 Å². The second kappa shape index (κ2) is 5.13. The molecule has 0 saturated heterocycles. The number of nitrogens with one attached hydrogen (secondary N) is 1. The normalized spacial score (nSPS) is 11.8. The van der Waals surface area contributed by atoms with E-state index in [1.807, 2.05) is 19.2 Å². The van der Waals surface area contributed by atoms with Crippen LogP contribution in [0, 0.1) is 12.7 Å². The molecular weight excluding hydrogens is 241 g/mol. The maximum Gasteiger partial charge on any atom is 0.149 e. The van der Waals surface area contributed by atoms with Crippen molar-refractivity contribution in [3.05, 3.63) is 47.5 Å². The van der Waals surface area contributed by atoms with Crippen molar-refractivity contribution >= 4 is 0 Å². The number of nitrogens with zero attached hydrogens (tertiary/aromatic N) is 2. The largest absolute Gasteiger partial charge is 0.308 e. The lowest BCUT2D eigenvalue weighted by atomic mass is 10.1. The fraction of sp³-hybridized carbons (Fsp3) is 0.400. The molecule has 0 fully saturated rings. The Bertz CT molecular complexity index is 567. The van der Waals surface area contributed by atoms with Gasteiger partial charge in [-0.3, -0.25) is 0 Å². The Hall–Kier alpha value is -1.68. The molecule has 0 saturated carbocycles. The number of hydrogen-bond donors (Lipinski definition) is 1. The zero-order chi connectivity index (χ0) is 14.0. The summed E-state index contributed by atoms with van der Waals surface area (Å²) in [4.78, 5) is 0. The van der Waals surface area contributed by atoms with Gasteiger partial charge in [-0.2, -0.15) is 5.10 Å². The lowest BCUT2D eigenvalue weighted by Crippen LogP contribution is -2.35. The first kappa shape index (κ1) is 13.7. The molecule has 3 nitrogen and oxygen atoms in total. The van der Waals surface area contributed by atoms with E-state index >= 15 is 0 Å². The second-order valence-corrected chi connectivity index (χ2v) is 5.81. The monoisotopic (exact) mass is 261 g/mol. The van der Waals surface area contributed by atoms with Gasteiger partial charge in [0, 0.05) is 18.3 Å². The minimum atomic E-state index is -0.253. The Kier molecular flexibility index (Phi) is 3.71. The van der Waals surface area contributed by atoms with Crippen molar-refractivity contribution in [2.24, 2.45) is 0 Å². The van der Waals surface area contributed by atoms with E-state index in [-0.39, 0.29) is 11.4 Å². The summed E-state index contributed by atoms with van der Waals surface area (Å²) in [6, 6.07) is 5.12. The van der Waals surface area contributed by atoms with Gasteiger partial charge in [0.2, 0.25) is 0 Å². The molecule has 1 aromatic heterocycles. The summed E-state index contributed by atoms with van der Waals surface area (Å²) in [6.45, 7) is 8.81. The number of aromatic nitrogens is 2. The van der Waals surface area contributed by atoms with Crippen LogP contribution in [0.5, 0.6) is 0 Å². The number of hydrogen-bond acceptors (Lipinski definition) is 2. The first-order valence-corrected chi connectivity index (χ1v) is 6.41. The van der Waals surface area contributed by atoms with E-state index in [9.17, 15) is 4.39 Å². The van der Waals surface area contributed by atoms with E-state index in [2.05, 4.69) is 31.2 Å². The molecule has 0 aliphatic rings. The van der Waals surface area contributed by atoms with Crippen molar-refractivity contribution in [2.75, 3.05) is 0 Å². The third-order valence-electron chi connectivity index (χ3n) is 2.82. The van der Waals surface area contributed by atoms with Crippen molar-refractivity contribution in [3.63, 3.8) is 0 Å². The summed E-state index contributed by atoms with van der Waals surface area (Å²) in [5.41, 5.74) is 2.42. The van der Waals surface area contributed by atoms with E-state index in [1.165, 1.54) is 6.07 Å². The molecule has 2 aromatic rings. The quantitative estimate of drug-likeness (QED) is 0.919. The van der Waals surface area contributed by atoms with E-state index in [1.54, 1.807) is 16.9 Å². The number of benzene rings is 1. The first-order valence-electron chi connectivity index (χ1n) is 6.41. The van der Waals surface area contributed by atoms with Crippen molar-refractivity contribution < 1.29 is 4.39 Å². The predicted octanol–water partition coefficient (Wildman–Crippen LogP) is 3.21. The highest BCUT2D eigenvalue weighted by atomic mass is 19.1. The molecule has 19 heavy (non-hydrogen) atoms. The van der Waals surface area contributed by atoms with Gasteiger partial charge >= 0.3 is 0 Å². The van der Waals surface area contributed by atoms with Crippen LogP contribution in [0.15, 0.2) is 30.6 Å². The van der Waals surface area contributed by atoms with Gasteiger partial charge in [0.1, 0.15) is 11.5 Å². The van der Waals surface area contributed by atoms with Crippen molar-refractivity contribution in [1.82, 2.24) is 15.1 Å². The highest BCUT2D eigenvalue weighted by Crippen LogP contribution is 2.19. The Morgan fingerprint density at radius 3 is 2.63 bits per heavy atom. The summed E-state index contributed by atoms with van der Waals surface area (Å²) < 4.78 is 15.7. The molecule has 1 aromatic carbocycles. The molecule has 0 atom stereocenters. The van der Waals surface area contributed by atoms with Crippen LogP contribution >= 0.6 is 0 Å². The standard InChI is InChI=1S/C15H20FN3/c1-11-8-18-19(10-11)14-12(6-5-7-13(14)16)9-17-15(2,3)4/h5-8,10,17H,9H2,1-4H3. The average Bonchev–Trinajstić information content (AvgIpc) is 2.72. The van der Waals surface area contributed by atoms with Crippen LogP contribution in [0.1, 0.15) is 31.9 Å². The SMILES string of the molecule is Cc1cnn(-c2c(F)cccc2CNC(C)(C)C)c1. The molecule has 102 valence electrons. The maximum absolute atomic E-state index is 14.1. The van der Waals surface area contributed by atoms with E-state index in [0.717, 1.165) is 11.1 Å². The third-order valence-corrected chi connectivity index (χ3v) is 2.82. The molecule has 2 rings (SSSR count). The first-order chi connectivity index (χ1) is 8.87. The van der Waals surface area contributed by atoms with Gasteiger partial charge < -0.3 is 5.32 Å². The zero-order valence-corrected chi connectivity index (χ0v) is 11.9.